The van der Waals surface area contributed by atoms with Crippen LogP contribution in [0.2, 0.25) is 0 Å². The standard InChI is InChI=1S/C34H21Br2N3O3/c35-25-13-15-31-23(16-25)18-32(42-31)33-38-29-11-4-3-10-28(29)34(40)39(33)37-19-24-17-26(36)12-14-30(24)41-20-22-8-5-7-21-6-1-2-9-27(21)22/h1-19H,20H2. The molecule has 5 aromatic carbocycles. The average molecular weight is 679 g/mol. The fourth-order valence-electron chi connectivity index (χ4n) is 4.96. The first-order chi connectivity index (χ1) is 20.5. The Hall–Kier alpha value is -4.53. The first-order valence-electron chi connectivity index (χ1n) is 13.2. The van der Waals surface area contributed by atoms with Gasteiger partial charge in [-0.1, -0.05) is 86.5 Å². The number of hydrogen-bond acceptors (Lipinski definition) is 5. The lowest BCUT2D eigenvalue weighted by Crippen LogP contribution is -2.20. The van der Waals surface area contributed by atoms with Gasteiger partial charge in [-0.3, -0.25) is 4.79 Å². The maximum atomic E-state index is 13.7. The molecule has 42 heavy (non-hydrogen) atoms. The summed E-state index contributed by atoms with van der Waals surface area (Å²) >= 11 is 7.07. The van der Waals surface area contributed by atoms with Crippen LogP contribution in [0.15, 0.2) is 132 Å². The zero-order chi connectivity index (χ0) is 28.6. The van der Waals surface area contributed by atoms with Crippen molar-refractivity contribution in [2.24, 2.45) is 5.10 Å². The molecule has 0 amide bonds. The van der Waals surface area contributed by atoms with Crippen LogP contribution in [0.4, 0.5) is 0 Å². The van der Waals surface area contributed by atoms with E-state index in [4.69, 9.17) is 14.1 Å². The molecule has 204 valence electrons. The number of rotatable bonds is 6. The third-order valence-corrected chi connectivity index (χ3v) is 7.99. The molecule has 8 heteroatoms. The quantitative estimate of drug-likeness (QED) is 0.165. The number of benzene rings is 5. The Labute approximate surface area is 257 Å². The Balaban J connectivity index is 1.30. The Morgan fingerprint density at radius 1 is 0.810 bits per heavy atom. The smallest absolute Gasteiger partial charge is 0.282 e. The number of fused-ring (bicyclic) bond motifs is 3. The second-order valence-corrected chi connectivity index (χ2v) is 11.5. The molecule has 0 fully saturated rings. The number of halogens is 2. The van der Waals surface area contributed by atoms with Crippen molar-refractivity contribution in [3.8, 4) is 17.3 Å². The molecule has 0 saturated carbocycles. The molecule has 6 nitrogen and oxygen atoms in total. The summed E-state index contributed by atoms with van der Waals surface area (Å²) in [5.41, 5.74) is 2.72. The second-order valence-electron chi connectivity index (χ2n) is 9.72. The Morgan fingerprint density at radius 2 is 1.57 bits per heavy atom. The van der Waals surface area contributed by atoms with Gasteiger partial charge in [0, 0.05) is 19.9 Å². The van der Waals surface area contributed by atoms with Crippen LogP contribution in [0.3, 0.4) is 0 Å². The van der Waals surface area contributed by atoms with E-state index in [1.807, 2.05) is 72.8 Å². The van der Waals surface area contributed by atoms with Crippen molar-refractivity contribution in [1.29, 1.82) is 0 Å². The third-order valence-electron chi connectivity index (χ3n) is 7.00. The number of aromatic nitrogens is 2. The summed E-state index contributed by atoms with van der Waals surface area (Å²) in [6, 6.07) is 34.9. The van der Waals surface area contributed by atoms with Crippen LogP contribution in [0, 0.1) is 0 Å². The van der Waals surface area contributed by atoms with E-state index in [-0.39, 0.29) is 5.56 Å². The van der Waals surface area contributed by atoms with Crippen molar-refractivity contribution in [2.45, 2.75) is 6.61 Å². The average Bonchev–Trinajstić information content (AvgIpc) is 3.43. The lowest BCUT2D eigenvalue weighted by Gasteiger charge is -2.12. The van der Waals surface area contributed by atoms with Gasteiger partial charge in [0.2, 0.25) is 5.82 Å². The van der Waals surface area contributed by atoms with Crippen LogP contribution in [-0.2, 0) is 6.61 Å². The van der Waals surface area contributed by atoms with Crippen molar-refractivity contribution >= 4 is 70.7 Å². The van der Waals surface area contributed by atoms with Crippen molar-refractivity contribution in [3.63, 3.8) is 0 Å². The highest BCUT2D eigenvalue weighted by molar-refractivity contribution is 9.10. The van der Waals surface area contributed by atoms with Gasteiger partial charge in [0.25, 0.3) is 5.56 Å². The van der Waals surface area contributed by atoms with E-state index in [2.05, 4.69) is 61.2 Å². The summed E-state index contributed by atoms with van der Waals surface area (Å²) in [6.45, 7) is 0.376. The molecule has 2 aromatic heterocycles. The normalized spacial score (nSPS) is 11.7. The minimum absolute atomic E-state index is 0.301. The van der Waals surface area contributed by atoms with E-state index in [0.717, 1.165) is 30.7 Å². The molecule has 0 spiro atoms. The van der Waals surface area contributed by atoms with E-state index in [1.165, 1.54) is 4.68 Å². The van der Waals surface area contributed by atoms with Crippen LogP contribution in [-0.4, -0.2) is 15.9 Å². The van der Waals surface area contributed by atoms with Crippen molar-refractivity contribution in [3.05, 3.63) is 140 Å². The highest BCUT2D eigenvalue weighted by atomic mass is 79.9. The number of para-hydroxylation sites is 1. The van der Waals surface area contributed by atoms with Gasteiger partial charge in [0.15, 0.2) is 5.76 Å². The minimum Gasteiger partial charge on any atom is -0.488 e. The van der Waals surface area contributed by atoms with Gasteiger partial charge in [-0.15, -0.1) is 0 Å². The zero-order valence-electron chi connectivity index (χ0n) is 22.0. The van der Waals surface area contributed by atoms with Crippen LogP contribution in [0.5, 0.6) is 5.75 Å². The minimum atomic E-state index is -0.304. The highest BCUT2D eigenvalue weighted by Gasteiger charge is 2.17. The molecule has 7 aromatic rings. The monoisotopic (exact) mass is 677 g/mol. The van der Waals surface area contributed by atoms with E-state index >= 15 is 0 Å². The molecule has 0 aliphatic heterocycles. The number of furan rings is 1. The predicted octanol–water partition coefficient (Wildman–Crippen LogP) is 8.95. The molecule has 0 aliphatic carbocycles. The maximum Gasteiger partial charge on any atom is 0.282 e. The molecule has 7 rings (SSSR count). The van der Waals surface area contributed by atoms with Crippen LogP contribution in [0.1, 0.15) is 11.1 Å². The molecule has 0 saturated heterocycles. The number of ether oxygens (including phenoxy) is 1. The summed E-state index contributed by atoms with van der Waals surface area (Å²) in [5, 5.41) is 8.28. The summed E-state index contributed by atoms with van der Waals surface area (Å²) in [6.07, 6.45) is 1.61. The van der Waals surface area contributed by atoms with Gasteiger partial charge in [0.1, 0.15) is 17.9 Å². The van der Waals surface area contributed by atoms with E-state index < -0.39 is 0 Å². The van der Waals surface area contributed by atoms with Crippen LogP contribution in [0.25, 0.3) is 44.2 Å². The maximum absolute atomic E-state index is 13.7. The summed E-state index contributed by atoms with van der Waals surface area (Å²) in [5.74, 6) is 1.37. The number of hydrogen-bond donors (Lipinski definition) is 0. The summed E-state index contributed by atoms with van der Waals surface area (Å²) in [4.78, 5) is 18.5. The topological polar surface area (TPSA) is 69.6 Å². The van der Waals surface area contributed by atoms with Crippen molar-refractivity contribution in [2.75, 3.05) is 0 Å². The molecule has 0 bridgehead atoms. The van der Waals surface area contributed by atoms with Crippen LogP contribution < -0.4 is 10.3 Å². The van der Waals surface area contributed by atoms with Gasteiger partial charge in [0.05, 0.1) is 17.1 Å². The zero-order valence-corrected chi connectivity index (χ0v) is 25.2. The van der Waals surface area contributed by atoms with Gasteiger partial charge >= 0.3 is 0 Å². The fraction of sp³-hybridized carbons (Fsp3) is 0.0294. The highest BCUT2D eigenvalue weighted by Crippen LogP contribution is 2.30. The van der Waals surface area contributed by atoms with E-state index in [9.17, 15) is 4.79 Å². The third kappa shape index (κ3) is 5.04. The lowest BCUT2D eigenvalue weighted by atomic mass is 10.1. The molecule has 2 heterocycles. The summed E-state index contributed by atoms with van der Waals surface area (Å²) in [7, 11) is 0. The lowest BCUT2D eigenvalue weighted by molar-refractivity contribution is 0.307. The molecular weight excluding hydrogens is 658 g/mol. The molecule has 0 N–H and O–H groups in total. The van der Waals surface area contributed by atoms with Crippen molar-refractivity contribution < 1.29 is 9.15 Å². The first-order valence-corrected chi connectivity index (χ1v) is 14.8. The number of nitrogens with zero attached hydrogens (tertiary/aromatic N) is 3. The Morgan fingerprint density at radius 3 is 2.48 bits per heavy atom. The predicted molar refractivity (Wildman–Crippen MR) is 174 cm³/mol. The van der Waals surface area contributed by atoms with Crippen LogP contribution >= 0.6 is 31.9 Å². The molecule has 0 unspecified atom stereocenters. The van der Waals surface area contributed by atoms with Gasteiger partial charge < -0.3 is 9.15 Å². The molecular formula is C34H21Br2N3O3. The SMILES string of the molecule is O=c1c2ccccc2nc(-c2cc3cc(Br)ccc3o2)n1N=Cc1cc(Br)ccc1OCc1cccc2ccccc12. The van der Waals surface area contributed by atoms with E-state index in [0.29, 0.717) is 46.0 Å². The molecule has 0 aliphatic rings. The van der Waals surface area contributed by atoms with Gasteiger partial charge in [-0.05, 0) is 70.9 Å². The first kappa shape index (κ1) is 26.4. The summed E-state index contributed by atoms with van der Waals surface area (Å²) < 4.78 is 15.5. The molecule has 0 radical (unpaired) electrons. The van der Waals surface area contributed by atoms with Gasteiger partial charge in [-0.2, -0.15) is 9.78 Å². The Bertz CT molecular complexity index is 2210. The second kappa shape index (κ2) is 11.0. The van der Waals surface area contributed by atoms with E-state index in [1.54, 1.807) is 18.3 Å². The van der Waals surface area contributed by atoms with Crippen molar-refractivity contribution in [1.82, 2.24) is 9.66 Å². The largest absolute Gasteiger partial charge is 0.488 e. The Kier molecular flexibility index (Phi) is 6.93. The molecule has 0 atom stereocenters. The fourth-order valence-corrected chi connectivity index (χ4v) is 5.72. The van der Waals surface area contributed by atoms with Gasteiger partial charge in [-0.25, -0.2) is 4.98 Å².